The van der Waals surface area contributed by atoms with Crippen molar-refractivity contribution in [3.8, 4) is 0 Å². The Balaban J connectivity index is 1.81. The molecule has 6 nitrogen and oxygen atoms in total. The molecule has 2 fully saturated rings. The van der Waals surface area contributed by atoms with E-state index in [1.807, 2.05) is 9.80 Å². The van der Waals surface area contributed by atoms with Crippen LogP contribution in [0, 0.1) is 0 Å². The Morgan fingerprint density at radius 3 is 2.19 bits per heavy atom. The van der Waals surface area contributed by atoms with Gasteiger partial charge in [0.05, 0.1) is 0 Å². The van der Waals surface area contributed by atoms with Crippen molar-refractivity contribution in [2.24, 2.45) is 0 Å². The summed E-state index contributed by atoms with van der Waals surface area (Å²) in [5.74, 6) is -0.803. The first-order valence-electron chi connectivity index (χ1n) is 7.95. The van der Waals surface area contributed by atoms with Gasteiger partial charge in [0.2, 0.25) is 0 Å². The molecule has 0 aromatic heterocycles. The highest BCUT2D eigenvalue weighted by Gasteiger charge is 2.32. The number of urea groups is 1. The largest absolute Gasteiger partial charge is 0.480 e. The molecule has 0 spiro atoms. The van der Waals surface area contributed by atoms with E-state index in [0.717, 1.165) is 12.8 Å². The number of carboxylic acid groups (broad SMARTS) is 1. The van der Waals surface area contributed by atoms with Gasteiger partial charge in [0.1, 0.15) is 6.04 Å². The van der Waals surface area contributed by atoms with Crippen LogP contribution >= 0.6 is 0 Å². The lowest BCUT2D eigenvalue weighted by Gasteiger charge is -2.40. The Kier molecular flexibility index (Phi) is 5.08. The Labute approximate surface area is 126 Å². The van der Waals surface area contributed by atoms with Crippen LogP contribution in [0.25, 0.3) is 0 Å². The van der Waals surface area contributed by atoms with E-state index < -0.39 is 12.0 Å². The third-order valence-corrected chi connectivity index (χ3v) is 4.87. The summed E-state index contributed by atoms with van der Waals surface area (Å²) in [5, 5.41) is 12.2. The van der Waals surface area contributed by atoms with Crippen molar-refractivity contribution in [1.29, 1.82) is 0 Å². The first-order chi connectivity index (χ1) is 9.91. The van der Waals surface area contributed by atoms with E-state index in [1.54, 1.807) is 6.92 Å². The second-order valence-corrected chi connectivity index (χ2v) is 6.59. The number of carbonyl (C=O) groups is 2. The van der Waals surface area contributed by atoms with Crippen LogP contribution in [0.5, 0.6) is 0 Å². The monoisotopic (exact) mass is 297 g/mol. The van der Waals surface area contributed by atoms with Crippen LogP contribution in [0.2, 0.25) is 0 Å². The summed E-state index contributed by atoms with van der Waals surface area (Å²) >= 11 is 0. The molecule has 1 saturated heterocycles. The number of nitrogens with one attached hydrogen (secondary N) is 1. The van der Waals surface area contributed by atoms with Crippen molar-refractivity contribution in [2.75, 3.05) is 26.2 Å². The second-order valence-electron chi connectivity index (χ2n) is 6.59. The molecule has 1 saturated carbocycles. The molecular weight excluding hydrogens is 270 g/mol. The van der Waals surface area contributed by atoms with Gasteiger partial charge in [-0.2, -0.15) is 0 Å². The fourth-order valence-electron chi connectivity index (χ4n) is 3.26. The van der Waals surface area contributed by atoms with Gasteiger partial charge >= 0.3 is 12.0 Å². The maximum absolute atomic E-state index is 12.4. The van der Waals surface area contributed by atoms with Crippen molar-refractivity contribution < 1.29 is 14.7 Å². The number of hydrogen-bond acceptors (Lipinski definition) is 3. The maximum atomic E-state index is 12.4. The number of amides is 2. The first kappa shape index (κ1) is 16.1. The zero-order chi connectivity index (χ0) is 15.5. The molecule has 0 aromatic carbocycles. The molecular formula is C15H27N3O3. The molecule has 0 bridgehead atoms. The number of carbonyl (C=O) groups excluding carboxylic acids is 1. The van der Waals surface area contributed by atoms with E-state index in [1.165, 1.54) is 19.3 Å². The minimum atomic E-state index is -0.803. The third-order valence-electron chi connectivity index (χ3n) is 4.87. The molecule has 2 amide bonds. The fourth-order valence-corrected chi connectivity index (χ4v) is 3.26. The summed E-state index contributed by atoms with van der Waals surface area (Å²) < 4.78 is 0. The summed E-state index contributed by atoms with van der Waals surface area (Å²) in [5.41, 5.74) is -0.0686. The SMILES string of the molecule is CC(C(=O)O)N1CCN(C(=O)NC2(C)CCCCC2)CC1. The number of aliphatic carboxylic acids is 1. The van der Waals surface area contributed by atoms with Crippen LogP contribution in [0.15, 0.2) is 0 Å². The zero-order valence-electron chi connectivity index (χ0n) is 13.1. The van der Waals surface area contributed by atoms with Crippen LogP contribution in [0.4, 0.5) is 4.79 Å². The van der Waals surface area contributed by atoms with Gasteiger partial charge in [-0.05, 0) is 26.7 Å². The maximum Gasteiger partial charge on any atom is 0.320 e. The predicted molar refractivity (Wildman–Crippen MR) is 80.3 cm³/mol. The smallest absolute Gasteiger partial charge is 0.320 e. The number of rotatable bonds is 3. The van der Waals surface area contributed by atoms with Gasteiger partial charge in [0.15, 0.2) is 0 Å². The van der Waals surface area contributed by atoms with Gasteiger partial charge in [-0.25, -0.2) is 4.79 Å². The van der Waals surface area contributed by atoms with Crippen molar-refractivity contribution in [1.82, 2.24) is 15.1 Å². The van der Waals surface area contributed by atoms with Gasteiger partial charge in [-0.15, -0.1) is 0 Å². The molecule has 2 rings (SSSR count). The summed E-state index contributed by atoms with van der Waals surface area (Å²) in [6.07, 6.45) is 5.72. The normalized spacial score (nSPS) is 24.4. The average Bonchev–Trinajstić information content (AvgIpc) is 2.46. The Bertz CT molecular complexity index is 386. The van der Waals surface area contributed by atoms with Crippen molar-refractivity contribution in [2.45, 2.75) is 57.5 Å². The van der Waals surface area contributed by atoms with Crippen molar-refractivity contribution >= 4 is 12.0 Å². The third kappa shape index (κ3) is 4.09. The molecule has 1 unspecified atom stereocenters. The molecule has 1 aliphatic carbocycles. The van der Waals surface area contributed by atoms with Gasteiger partial charge in [-0.3, -0.25) is 9.69 Å². The van der Waals surface area contributed by atoms with Gasteiger partial charge in [0, 0.05) is 31.7 Å². The topological polar surface area (TPSA) is 72.9 Å². The minimum absolute atomic E-state index is 0.00188. The minimum Gasteiger partial charge on any atom is -0.480 e. The van der Waals surface area contributed by atoms with E-state index >= 15 is 0 Å². The van der Waals surface area contributed by atoms with Gasteiger partial charge < -0.3 is 15.3 Å². The number of nitrogens with zero attached hydrogens (tertiary/aromatic N) is 2. The lowest BCUT2D eigenvalue weighted by Crippen LogP contribution is -2.58. The molecule has 21 heavy (non-hydrogen) atoms. The number of hydrogen-bond donors (Lipinski definition) is 2. The molecule has 0 radical (unpaired) electrons. The zero-order valence-corrected chi connectivity index (χ0v) is 13.1. The highest BCUT2D eigenvalue weighted by molar-refractivity contribution is 5.75. The van der Waals surface area contributed by atoms with Crippen LogP contribution < -0.4 is 5.32 Å². The number of carboxylic acids is 1. The molecule has 120 valence electrons. The molecule has 1 aliphatic heterocycles. The van der Waals surface area contributed by atoms with E-state index in [0.29, 0.717) is 26.2 Å². The van der Waals surface area contributed by atoms with Gasteiger partial charge in [-0.1, -0.05) is 19.3 Å². The second kappa shape index (κ2) is 6.64. The molecule has 2 aliphatic rings. The van der Waals surface area contributed by atoms with Crippen LogP contribution in [0.3, 0.4) is 0 Å². The predicted octanol–water partition coefficient (Wildman–Crippen LogP) is 1.51. The summed E-state index contributed by atoms with van der Waals surface area (Å²) in [6, 6.07) is -0.479. The Morgan fingerprint density at radius 1 is 1.10 bits per heavy atom. The van der Waals surface area contributed by atoms with Crippen molar-refractivity contribution in [3.05, 3.63) is 0 Å². The van der Waals surface area contributed by atoms with E-state index in [4.69, 9.17) is 5.11 Å². The first-order valence-corrected chi connectivity index (χ1v) is 7.95. The average molecular weight is 297 g/mol. The summed E-state index contributed by atoms with van der Waals surface area (Å²) in [4.78, 5) is 27.1. The van der Waals surface area contributed by atoms with Crippen molar-refractivity contribution in [3.63, 3.8) is 0 Å². The standard InChI is InChI=1S/C15H27N3O3/c1-12(13(19)20)17-8-10-18(11-9-17)14(21)16-15(2)6-4-3-5-7-15/h12H,3-11H2,1-2H3,(H,16,21)(H,19,20). The summed E-state index contributed by atoms with van der Waals surface area (Å²) in [6.45, 7) is 6.27. The molecule has 2 N–H and O–H groups in total. The lowest BCUT2D eigenvalue weighted by atomic mass is 9.83. The van der Waals surface area contributed by atoms with E-state index in [-0.39, 0.29) is 11.6 Å². The number of piperazine rings is 1. The Morgan fingerprint density at radius 2 is 1.67 bits per heavy atom. The highest BCUT2D eigenvalue weighted by Crippen LogP contribution is 2.27. The van der Waals surface area contributed by atoms with E-state index in [9.17, 15) is 9.59 Å². The molecule has 6 heteroatoms. The molecule has 0 aromatic rings. The van der Waals surface area contributed by atoms with Crippen LogP contribution in [-0.4, -0.2) is 64.7 Å². The quantitative estimate of drug-likeness (QED) is 0.828. The van der Waals surface area contributed by atoms with Crippen LogP contribution in [-0.2, 0) is 4.79 Å². The highest BCUT2D eigenvalue weighted by atomic mass is 16.4. The van der Waals surface area contributed by atoms with Gasteiger partial charge in [0.25, 0.3) is 0 Å². The Hall–Kier alpha value is -1.30. The van der Waals surface area contributed by atoms with E-state index in [2.05, 4.69) is 12.2 Å². The molecule has 1 atom stereocenters. The summed E-state index contributed by atoms with van der Waals surface area (Å²) in [7, 11) is 0. The molecule has 1 heterocycles. The van der Waals surface area contributed by atoms with Crippen LogP contribution in [0.1, 0.15) is 46.0 Å². The lowest BCUT2D eigenvalue weighted by molar-refractivity contribution is -0.143. The fraction of sp³-hybridized carbons (Fsp3) is 0.867.